The van der Waals surface area contributed by atoms with E-state index in [2.05, 4.69) is 4.84 Å². The van der Waals surface area contributed by atoms with Crippen LogP contribution in [0.4, 0.5) is 4.79 Å². The minimum Gasteiger partial charge on any atom is -0.444 e. The molecule has 6 nitrogen and oxygen atoms in total. The van der Waals surface area contributed by atoms with E-state index in [-0.39, 0.29) is 12.6 Å². The molecule has 124 valence electrons. The lowest BCUT2D eigenvalue weighted by molar-refractivity contribution is -0.0163. The zero-order valence-electron chi connectivity index (χ0n) is 13.7. The summed E-state index contributed by atoms with van der Waals surface area (Å²) in [5, 5.41) is 0. The maximum Gasteiger partial charge on any atom is 0.410 e. The zero-order chi connectivity index (χ0) is 16.6. The third kappa shape index (κ3) is 6.89. The molecule has 0 aromatic heterocycles. The van der Waals surface area contributed by atoms with Gasteiger partial charge in [0.15, 0.2) is 0 Å². The van der Waals surface area contributed by atoms with Crippen molar-refractivity contribution in [3.63, 3.8) is 0 Å². The summed E-state index contributed by atoms with van der Waals surface area (Å²) in [6.45, 7) is 6.40. The first-order valence-corrected chi connectivity index (χ1v) is 7.22. The number of rotatable bonds is 7. The first kappa shape index (κ1) is 18.4. The van der Waals surface area contributed by atoms with Crippen molar-refractivity contribution in [2.75, 3.05) is 20.3 Å². The summed E-state index contributed by atoms with van der Waals surface area (Å²) in [6.07, 6.45) is -0.433. The highest BCUT2D eigenvalue weighted by molar-refractivity contribution is 5.68. The molecule has 0 saturated carbocycles. The first-order chi connectivity index (χ1) is 10.3. The van der Waals surface area contributed by atoms with Gasteiger partial charge in [0.2, 0.25) is 0 Å². The second-order valence-corrected chi connectivity index (χ2v) is 6.08. The molecule has 1 unspecified atom stereocenters. The van der Waals surface area contributed by atoms with E-state index in [1.165, 1.54) is 4.90 Å². The van der Waals surface area contributed by atoms with E-state index in [1.54, 1.807) is 7.05 Å². The number of amides is 1. The number of hydrogen-bond acceptors (Lipinski definition) is 5. The summed E-state index contributed by atoms with van der Waals surface area (Å²) in [7, 11) is 1.64. The summed E-state index contributed by atoms with van der Waals surface area (Å²) in [4.78, 5) is 18.2. The molecule has 0 aliphatic carbocycles. The second-order valence-electron chi connectivity index (χ2n) is 6.08. The highest BCUT2D eigenvalue weighted by atomic mass is 16.6. The number of hydrogen-bond donors (Lipinski definition) is 1. The average molecular weight is 310 g/mol. The average Bonchev–Trinajstić information content (AvgIpc) is 2.45. The van der Waals surface area contributed by atoms with Crippen molar-refractivity contribution in [1.82, 2.24) is 4.90 Å². The third-order valence-corrected chi connectivity index (χ3v) is 2.94. The summed E-state index contributed by atoms with van der Waals surface area (Å²) in [6, 6.07) is 9.49. The van der Waals surface area contributed by atoms with Gasteiger partial charge in [0.05, 0.1) is 25.9 Å². The van der Waals surface area contributed by atoms with Gasteiger partial charge in [-0.1, -0.05) is 30.3 Å². The van der Waals surface area contributed by atoms with Gasteiger partial charge in [0, 0.05) is 7.05 Å². The van der Waals surface area contributed by atoms with Crippen molar-refractivity contribution in [2.24, 2.45) is 5.90 Å². The lowest BCUT2D eigenvalue weighted by atomic mass is 10.2. The Labute approximate surface area is 132 Å². The monoisotopic (exact) mass is 310 g/mol. The van der Waals surface area contributed by atoms with Crippen molar-refractivity contribution in [3.8, 4) is 0 Å². The van der Waals surface area contributed by atoms with E-state index < -0.39 is 11.7 Å². The molecule has 0 radical (unpaired) electrons. The van der Waals surface area contributed by atoms with E-state index in [9.17, 15) is 4.79 Å². The SMILES string of the molecule is CN(C(=O)OC(C)(C)C)C(CON)COCc1ccccc1. The van der Waals surface area contributed by atoms with Crippen molar-refractivity contribution in [1.29, 1.82) is 0 Å². The summed E-state index contributed by atoms with van der Waals surface area (Å²) in [5.41, 5.74) is 0.513. The molecule has 1 rings (SSSR count). The normalized spacial score (nSPS) is 12.8. The van der Waals surface area contributed by atoms with Crippen LogP contribution in [0.25, 0.3) is 0 Å². The topological polar surface area (TPSA) is 74.0 Å². The van der Waals surface area contributed by atoms with Gasteiger partial charge in [-0.2, -0.15) is 0 Å². The molecule has 22 heavy (non-hydrogen) atoms. The number of likely N-dealkylation sites (N-methyl/N-ethyl adjacent to an activating group) is 1. The molecule has 0 spiro atoms. The van der Waals surface area contributed by atoms with E-state index in [4.69, 9.17) is 15.4 Å². The number of ether oxygens (including phenoxy) is 2. The van der Waals surface area contributed by atoms with Crippen molar-refractivity contribution >= 4 is 6.09 Å². The van der Waals surface area contributed by atoms with Crippen LogP contribution in [0.3, 0.4) is 0 Å². The van der Waals surface area contributed by atoms with E-state index in [1.807, 2.05) is 51.1 Å². The maximum atomic E-state index is 12.1. The number of carbonyl (C=O) groups is 1. The molecule has 6 heteroatoms. The van der Waals surface area contributed by atoms with Crippen molar-refractivity contribution in [2.45, 2.75) is 39.0 Å². The molecule has 0 bridgehead atoms. The molecular formula is C16H26N2O4. The molecule has 1 atom stereocenters. The summed E-state index contributed by atoms with van der Waals surface area (Å²) in [5.74, 6) is 5.14. The molecule has 0 saturated heterocycles. The molecule has 1 amide bonds. The number of benzene rings is 1. The van der Waals surface area contributed by atoms with Gasteiger partial charge in [0.25, 0.3) is 0 Å². The summed E-state index contributed by atoms with van der Waals surface area (Å²) < 4.78 is 11.0. The highest BCUT2D eigenvalue weighted by Crippen LogP contribution is 2.11. The molecule has 0 fully saturated rings. The highest BCUT2D eigenvalue weighted by Gasteiger charge is 2.25. The minimum atomic E-state index is -0.551. The Bertz CT molecular complexity index is 445. The molecule has 1 aromatic carbocycles. The smallest absolute Gasteiger partial charge is 0.410 e. The maximum absolute atomic E-state index is 12.1. The van der Waals surface area contributed by atoms with Gasteiger partial charge in [-0.05, 0) is 26.3 Å². The molecule has 2 N–H and O–H groups in total. The Morgan fingerprint density at radius 1 is 1.23 bits per heavy atom. The third-order valence-electron chi connectivity index (χ3n) is 2.94. The molecule has 0 aliphatic heterocycles. The Kier molecular flexibility index (Phi) is 7.31. The zero-order valence-corrected chi connectivity index (χ0v) is 13.7. The van der Waals surface area contributed by atoms with Gasteiger partial charge in [-0.15, -0.1) is 0 Å². The number of nitrogens with zero attached hydrogens (tertiary/aromatic N) is 1. The van der Waals surface area contributed by atoms with Gasteiger partial charge in [-0.3, -0.25) is 0 Å². The fourth-order valence-electron chi connectivity index (χ4n) is 1.75. The van der Waals surface area contributed by atoms with Gasteiger partial charge in [0.1, 0.15) is 5.60 Å². The Balaban J connectivity index is 2.51. The van der Waals surface area contributed by atoms with E-state index in [0.29, 0.717) is 13.2 Å². The van der Waals surface area contributed by atoms with Crippen LogP contribution < -0.4 is 5.90 Å². The second kappa shape index (κ2) is 8.73. The molecular weight excluding hydrogens is 284 g/mol. The van der Waals surface area contributed by atoms with Crippen LogP contribution in [-0.2, 0) is 20.9 Å². The van der Waals surface area contributed by atoms with E-state index >= 15 is 0 Å². The van der Waals surface area contributed by atoms with Gasteiger partial charge in [-0.25, -0.2) is 10.7 Å². The predicted octanol–water partition coefficient (Wildman–Crippen LogP) is 2.33. The van der Waals surface area contributed by atoms with Gasteiger partial charge < -0.3 is 19.2 Å². The van der Waals surface area contributed by atoms with Gasteiger partial charge >= 0.3 is 6.09 Å². The quantitative estimate of drug-likeness (QED) is 0.782. The first-order valence-electron chi connectivity index (χ1n) is 7.22. The predicted molar refractivity (Wildman–Crippen MR) is 84.0 cm³/mol. The molecule has 0 heterocycles. The van der Waals surface area contributed by atoms with Crippen LogP contribution in [0.2, 0.25) is 0 Å². The van der Waals surface area contributed by atoms with Crippen LogP contribution in [0, 0.1) is 0 Å². The van der Waals surface area contributed by atoms with Crippen molar-refractivity contribution in [3.05, 3.63) is 35.9 Å². The lowest BCUT2D eigenvalue weighted by Gasteiger charge is -2.30. The Morgan fingerprint density at radius 3 is 2.41 bits per heavy atom. The van der Waals surface area contributed by atoms with Crippen molar-refractivity contribution < 1.29 is 19.1 Å². The van der Waals surface area contributed by atoms with E-state index in [0.717, 1.165) is 5.56 Å². The molecule has 1 aromatic rings. The minimum absolute atomic E-state index is 0.171. The largest absolute Gasteiger partial charge is 0.444 e. The Hall–Kier alpha value is -1.63. The number of carbonyl (C=O) groups excluding carboxylic acids is 1. The van der Waals surface area contributed by atoms with Crippen LogP contribution in [-0.4, -0.2) is 42.9 Å². The fourth-order valence-corrected chi connectivity index (χ4v) is 1.75. The van der Waals surface area contributed by atoms with Crippen LogP contribution >= 0.6 is 0 Å². The summed E-state index contributed by atoms with van der Waals surface area (Å²) >= 11 is 0. The van der Waals surface area contributed by atoms with Crippen LogP contribution in [0.5, 0.6) is 0 Å². The lowest BCUT2D eigenvalue weighted by Crippen LogP contribution is -2.45. The van der Waals surface area contributed by atoms with Crippen LogP contribution in [0.15, 0.2) is 30.3 Å². The van der Waals surface area contributed by atoms with Crippen LogP contribution in [0.1, 0.15) is 26.3 Å². The number of nitrogens with two attached hydrogens (primary N) is 1. The fraction of sp³-hybridized carbons (Fsp3) is 0.562. The Morgan fingerprint density at radius 2 is 1.86 bits per heavy atom. The standard InChI is InChI=1S/C16H26N2O4/c1-16(2,3)22-15(19)18(4)14(12-21-17)11-20-10-13-8-6-5-7-9-13/h5-9,14H,10-12,17H2,1-4H3. The molecule has 0 aliphatic rings.